The molecule has 0 unspecified atom stereocenters. The molecule has 2 amide bonds. The number of hydrogen-bond acceptors (Lipinski definition) is 2. The zero-order valence-corrected chi connectivity index (χ0v) is 11.7. The summed E-state index contributed by atoms with van der Waals surface area (Å²) in [4.78, 5) is 18.0. The predicted molar refractivity (Wildman–Crippen MR) is 77.4 cm³/mol. The van der Waals surface area contributed by atoms with Gasteiger partial charge in [-0.05, 0) is 18.6 Å². The van der Waals surface area contributed by atoms with Crippen LogP contribution in [0.25, 0.3) is 0 Å². The van der Waals surface area contributed by atoms with Crippen LogP contribution < -0.4 is 5.32 Å². The van der Waals surface area contributed by atoms with Gasteiger partial charge in [0, 0.05) is 12.7 Å². The van der Waals surface area contributed by atoms with Crippen LogP contribution in [0.15, 0.2) is 30.5 Å². The SMILES string of the molecule is CCCC[C@H]1C=CCN1C(=O)Nc1cccnc1Cl. The summed E-state index contributed by atoms with van der Waals surface area (Å²) in [6.07, 6.45) is 8.98. The monoisotopic (exact) mass is 279 g/mol. The molecule has 102 valence electrons. The van der Waals surface area contributed by atoms with Crippen LogP contribution in [0.3, 0.4) is 0 Å². The molecule has 0 aromatic carbocycles. The van der Waals surface area contributed by atoms with E-state index in [1.807, 2.05) is 11.0 Å². The summed E-state index contributed by atoms with van der Waals surface area (Å²) in [5, 5.41) is 3.12. The number of urea groups is 1. The Morgan fingerprint density at radius 3 is 3.21 bits per heavy atom. The Morgan fingerprint density at radius 1 is 1.63 bits per heavy atom. The highest BCUT2D eigenvalue weighted by atomic mass is 35.5. The third-order valence-electron chi connectivity index (χ3n) is 3.18. The van der Waals surface area contributed by atoms with Crippen LogP contribution >= 0.6 is 11.6 Å². The van der Waals surface area contributed by atoms with E-state index >= 15 is 0 Å². The fourth-order valence-electron chi connectivity index (χ4n) is 2.14. The quantitative estimate of drug-likeness (QED) is 0.675. The molecule has 0 fully saturated rings. The van der Waals surface area contributed by atoms with Crippen molar-refractivity contribution in [1.82, 2.24) is 9.88 Å². The summed E-state index contributed by atoms with van der Waals surface area (Å²) < 4.78 is 0. The molecule has 1 atom stereocenters. The Labute approximate surface area is 118 Å². The van der Waals surface area contributed by atoms with E-state index < -0.39 is 0 Å². The summed E-state index contributed by atoms with van der Waals surface area (Å²) in [6.45, 7) is 2.80. The number of amides is 2. The number of pyridine rings is 1. The lowest BCUT2D eigenvalue weighted by Gasteiger charge is -2.25. The smallest absolute Gasteiger partial charge is 0.314 e. The first-order valence-corrected chi connectivity index (χ1v) is 6.95. The largest absolute Gasteiger partial charge is 0.322 e. The molecule has 1 N–H and O–H groups in total. The van der Waals surface area contributed by atoms with Gasteiger partial charge < -0.3 is 10.2 Å². The maximum atomic E-state index is 12.2. The van der Waals surface area contributed by atoms with Crippen LogP contribution in [-0.4, -0.2) is 28.5 Å². The maximum absolute atomic E-state index is 12.2. The molecule has 0 aliphatic carbocycles. The van der Waals surface area contributed by atoms with Crippen LogP contribution in [0.5, 0.6) is 0 Å². The van der Waals surface area contributed by atoms with Crippen LogP contribution in [0.4, 0.5) is 10.5 Å². The first-order valence-electron chi connectivity index (χ1n) is 6.57. The van der Waals surface area contributed by atoms with Crippen molar-refractivity contribution < 1.29 is 4.79 Å². The molecule has 0 radical (unpaired) electrons. The van der Waals surface area contributed by atoms with Gasteiger partial charge in [0.05, 0.1) is 11.7 Å². The minimum atomic E-state index is -0.124. The van der Waals surface area contributed by atoms with Crippen molar-refractivity contribution in [3.63, 3.8) is 0 Å². The van der Waals surface area contributed by atoms with Gasteiger partial charge in [0.1, 0.15) is 0 Å². The summed E-state index contributed by atoms with van der Waals surface area (Å²) in [5.41, 5.74) is 0.551. The highest BCUT2D eigenvalue weighted by Gasteiger charge is 2.24. The minimum absolute atomic E-state index is 0.124. The van der Waals surface area contributed by atoms with E-state index in [2.05, 4.69) is 23.3 Å². The van der Waals surface area contributed by atoms with Crippen molar-refractivity contribution in [2.24, 2.45) is 0 Å². The molecule has 5 heteroatoms. The van der Waals surface area contributed by atoms with E-state index in [1.165, 1.54) is 0 Å². The van der Waals surface area contributed by atoms with Crippen LogP contribution in [0.1, 0.15) is 26.2 Å². The molecule has 0 bridgehead atoms. The lowest BCUT2D eigenvalue weighted by atomic mass is 10.1. The molecule has 0 spiro atoms. The number of carbonyl (C=O) groups is 1. The van der Waals surface area contributed by atoms with Gasteiger partial charge in [-0.25, -0.2) is 9.78 Å². The van der Waals surface area contributed by atoms with Crippen LogP contribution in [-0.2, 0) is 0 Å². The van der Waals surface area contributed by atoms with Gasteiger partial charge in [-0.1, -0.05) is 43.5 Å². The zero-order valence-electron chi connectivity index (χ0n) is 11.0. The molecule has 1 aliphatic heterocycles. The summed E-state index contributed by atoms with van der Waals surface area (Å²) in [6, 6.07) is 3.56. The van der Waals surface area contributed by atoms with Crippen molar-refractivity contribution in [2.75, 3.05) is 11.9 Å². The number of nitrogens with one attached hydrogen (secondary N) is 1. The number of nitrogens with zero attached hydrogens (tertiary/aromatic N) is 2. The average molecular weight is 280 g/mol. The van der Waals surface area contributed by atoms with Crippen LogP contribution in [0.2, 0.25) is 5.15 Å². The molecule has 0 saturated heterocycles. The van der Waals surface area contributed by atoms with Gasteiger partial charge in [-0.3, -0.25) is 0 Å². The van der Waals surface area contributed by atoms with Crippen molar-refractivity contribution in [1.29, 1.82) is 0 Å². The number of aromatic nitrogens is 1. The van der Waals surface area contributed by atoms with E-state index in [9.17, 15) is 4.79 Å². The topological polar surface area (TPSA) is 45.2 Å². The molecule has 1 aromatic rings. The van der Waals surface area contributed by atoms with Crippen molar-refractivity contribution in [3.8, 4) is 0 Å². The second-order valence-electron chi connectivity index (χ2n) is 4.56. The van der Waals surface area contributed by atoms with Crippen LogP contribution in [0, 0.1) is 0 Å². The Morgan fingerprint density at radius 2 is 2.47 bits per heavy atom. The van der Waals surface area contributed by atoms with Crippen molar-refractivity contribution in [3.05, 3.63) is 35.6 Å². The molecule has 4 nitrogen and oxygen atoms in total. The average Bonchev–Trinajstić information content (AvgIpc) is 2.87. The number of halogens is 1. The molecular weight excluding hydrogens is 262 g/mol. The fourth-order valence-corrected chi connectivity index (χ4v) is 2.30. The Hall–Kier alpha value is -1.55. The zero-order chi connectivity index (χ0) is 13.7. The number of anilines is 1. The lowest BCUT2D eigenvalue weighted by Crippen LogP contribution is -2.39. The maximum Gasteiger partial charge on any atom is 0.322 e. The lowest BCUT2D eigenvalue weighted by molar-refractivity contribution is 0.208. The number of rotatable bonds is 4. The normalized spacial score (nSPS) is 17.8. The highest BCUT2D eigenvalue weighted by Crippen LogP contribution is 2.21. The van der Waals surface area contributed by atoms with Gasteiger partial charge in [0.25, 0.3) is 0 Å². The van der Waals surface area contributed by atoms with E-state index in [0.717, 1.165) is 19.3 Å². The summed E-state index contributed by atoms with van der Waals surface area (Å²) >= 11 is 5.94. The summed E-state index contributed by atoms with van der Waals surface area (Å²) in [7, 11) is 0. The van der Waals surface area contributed by atoms with Gasteiger partial charge in [-0.2, -0.15) is 0 Å². The first-order chi connectivity index (χ1) is 9.22. The second-order valence-corrected chi connectivity index (χ2v) is 4.92. The molecule has 1 aromatic heterocycles. The van der Waals surface area contributed by atoms with Gasteiger partial charge in [0.15, 0.2) is 5.15 Å². The Balaban J connectivity index is 1.98. The molecule has 19 heavy (non-hydrogen) atoms. The van der Waals surface area contributed by atoms with E-state index in [-0.39, 0.29) is 12.1 Å². The first kappa shape index (κ1) is 13.9. The van der Waals surface area contributed by atoms with Gasteiger partial charge >= 0.3 is 6.03 Å². The number of carbonyl (C=O) groups excluding carboxylic acids is 1. The van der Waals surface area contributed by atoms with Gasteiger partial charge in [0.2, 0.25) is 0 Å². The molecule has 1 aliphatic rings. The third kappa shape index (κ3) is 3.47. The molecule has 2 heterocycles. The number of unbranched alkanes of at least 4 members (excludes halogenated alkanes) is 1. The highest BCUT2D eigenvalue weighted by molar-refractivity contribution is 6.32. The number of hydrogen-bond donors (Lipinski definition) is 1. The Bertz CT molecular complexity index is 476. The van der Waals surface area contributed by atoms with Gasteiger partial charge in [-0.15, -0.1) is 0 Å². The third-order valence-corrected chi connectivity index (χ3v) is 3.48. The van der Waals surface area contributed by atoms with Crippen molar-refractivity contribution in [2.45, 2.75) is 32.2 Å². The molecule has 0 saturated carbocycles. The predicted octanol–water partition coefficient (Wildman–Crippen LogP) is 3.70. The minimum Gasteiger partial charge on any atom is -0.314 e. The second kappa shape index (κ2) is 6.57. The summed E-state index contributed by atoms with van der Waals surface area (Å²) in [5.74, 6) is 0. The van der Waals surface area contributed by atoms with E-state index in [1.54, 1.807) is 18.3 Å². The fraction of sp³-hybridized carbons (Fsp3) is 0.429. The van der Waals surface area contributed by atoms with E-state index in [0.29, 0.717) is 17.4 Å². The molecule has 2 rings (SSSR count). The Kier molecular flexibility index (Phi) is 4.80. The molecular formula is C14H18ClN3O. The standard InChI is InChI=1S/C14H18ClN3O/c1-2-3-6-11-7-5-10-18(11)14(19)17-12-8-4-9-16-13(12)15/h4-5,7-9,11H,2-3,6,10H2,1H3,(H,17,19)/t11-/m0/s1. The van der Waals surface area contributed by atoms with Crippen molar-refractivity contribution >= 4 is 23.3 Å². The van der Waals surface area contributed by atoms with E-state index in [4.69, 9.17) is 11.6 Å².